The molecular weight excluding hydrogens is 285 g/mol. The molecule has 108 valence electrons. The second-order valence-corrected chi connectivity index (χ2v) is 5.91. The lowest BCUT2D eigenvalue weighted by molar-refractivity contribution is 0.269. The average Bonchev–Trinajstić information content (AvgIpc) is 2.83. The third-order valence-electron chi connectivity index (χ3n) is 2.69. The summed E-state index contributed by atoms with van der Waals surface area (Å²) in [6.07, 6.45) is 2.47. The van der Waals surface area contributed by atoms with Crippen LogP contribution >= 0.6 is 0 Å². The minimum Gasteiger partial charge on any atom is -0.394 e. The fourth-order valence-corrected chi connectivity index (χ4v) is 2.69. The summed E-state index contributed by atoms with van der Waals surface area (Å²) in [5, 5.41) is 12.6. The highest BCUT2D eigenvalue weighted by molar-refractivity contribution is 7.92. The second-order valence-electron chi connectivity index (χ2n) is 4.23. The largest absolute Gasteiger partial charge is 0.394 e. The van der Waals surface area contributed by atoms with E-state index in [0.717, 1.165) is 6.07 Å². The highest BCUT2D eigenvalue weighted by Gasteiger charge is 2.17. The van der Waals surface area contributed by atoms with Gasteiger partial charge in [-0.15, -0.1) is 0 Å². The zero-order chi connectivity index (χ0) is 14.8. The summed E-state index contributed by atoms with van der Waals surface area (Å²) in [6, 6.07) is 3.86. The highest BCUT2D eigenvalue weighted by atomic mass is 32.2. The molecule has 0 radical (unpaired) electrons. The average molecular weight is 299 g/mol. The normalized spacial score (nSPS) is 11.6. The number of benzene rings is 1. The Morgan fingerprint density at radius 3 is 2.90 bits per heavy atom. The molecule has 0 fully saturated rings. The van der Waals surface area contributed by atoms with Crippen molar-refractivity contribution in [1.29, 1.82) is 0 Å². The first kappa shape index (κ1) is 14.5. The number of halogens is 1. The molecule has 0 bridgehead atoms. The van der Waals surface area contributed by atoms with Crippen LogP contribution in [0.1, 0.15) is 5.56 Å². The number of hydrogen-bond donors (Lipinski definition) is 2. The van der Waals surface area contributed by atoms with Gasteiger partial charge in [0.25, 0.3) is 10.0 Å². The van der Waals surface area contributed by atoms with Crippen LogP contribution in [0.25, 0.3) is 0 Å². The Labute approximate surface area is 115 Å². The Morgan fingerprint density at radius 2 is 2.20 bits per heavy atom. The molecule has 2 aromatic rings. The van der Waals surface area contributed by atoms with E-state index < -0.39 is 15.8 Å². The summed E-state index contributed by atoms with van der Waals surface area (Å²) in [4.78, 5) is -0.0467. The zero-order valence-electron chi connectivity index (χ0n) is 10.7. The van der Waals surface area contributed by atoms with Crippen LogP contribution in [-0.4, -0.2) is 29.9 Å². The van der Waals surface area contributed by atoms with Crippen LogP contribution in [0.3, 0.4) is 0 Å². The highest BCUT2D eigenvalue weighted by Crippen LogP contribution is 2.20. The summed E-state index contributed by atoms with van der Waals surface area (Å²) in [7, 11) is -3.83. The van der Waals surface area contributed by atoms with Gasteiger partial charge in [0.2, 0.25) is 0 Å². The van der Waals surface area contributed by atoms with E-state index in [4.69, 9.17) is 5.11 Å². The maximum Gasteiger partial charge on any atom is 0.265 e. The van der Waals surface area contributed by atoms with E-state index in [1.54, 1.807) is 6.92 Å². The van der Waals surface area contributed by atoms with Gasteiger partial charge in [0, 0.05) is 6.20 Å². The van der Waals surface area contributed by atoms with Crippen LogP contribution in [-0.2, 0) is 16.6 Å². The topological polar surface area (TPSA) is 84.2 Å². The molecule has 0 amide bonds. The van der Waals surface area contributed by atoms with E-state index in [9.17, 15) is 12.8 Å². The summed E-state index contributed by atoms with van der Waals surface area (Å²) >= 11 is 0. The van der Waals surface area contributed by atoms with Gasteiger partial charge < -0.3 is 5.11 Å². The van der Waals surface area contributed by atoms with Crippen molar-refractivity contribution in [3.05, 3.63) is 42.0 Å². The monoisotopic (exact) mass is 299 g/mol. The van der Waals surface area contributed by atoms with Gasteiger partial charge in [-0.25, -0.2) is 12.8 Å². The molecule has 2 rings (SSSR count). The minimum absolute atomic E-state index is 0.0467. The maximum absolute atomic E-state index is 13.2. The standard InChI is InChI=1S/C12H14FN3O3S/c1-9-2-3-10(13)6-12(9)15-20(18,19)11-7-14-16(8-11)4-5-17/h2-3,6-8,15,17H,4-5H2,1H3. The van der Waals surface area contributed by atoms with E-state index in [1.807, 2.05) is 0 Å². The van der Waals surface area contributed by atoms with Crippen LogP contribution in [0, 0.1) is 12.7 Å². The molecule has 2 N–H and O–H groups in total. The molecule has 1 aromatic carbocycles. The predicted octanol–water partition coefficient (Wildman–Crippen LogP) is 1.12. The molecule has 0 saturated heterocycles. The van der Waals surface area contributed by atoms with Gasteiger partial charge in [-0.3, -0.25) is 9.40 Å². The Morgan fingerprint density at radius 1 is 1.45 bits per heavy atom. The molecule has 0 aliphatic rings. The minimum atomic E-state index is -3.83. The van der Waals surface area contributed by atoms with Crippen LogP contribution in [0.2, 0.25) is 0 Å². The van der Waals surface area contributed by atoms with Crippen LogP contribution < -0.4 is 4.72 Å². The molecule has 8 heteroatoms. The first-order chi connectivity index (χ1) is 9.42. The fraction of sp³-hybridized carbons (Fsp3) is 0.250. The van der Waals surface area contributed by atoms with E-state index in [1.165, 1.54) is 29.2 Å². The zero-order valence-corrected chi connectivity index (χ0v) is 11.6. The van der Waals surface area contributed by atoms with Crippen molar-refractivity contribution in [2.24, 2.45) is 0 Å². The number of sulfonamides is 1. The van der Waals surface area contributed by atoms with E-state index in [2.05, 4.69) is 9.82 Å². The molecule has 0 unspecified atom stereocenters. The molecule has 1 heterocycles. The summed E-state index contributed by atoms with van der Waals surface area (Å²) in [6.45, 7) is 1.73. The van der Waals surface area contributed by atoms with Gasteiger partial charge in [0.15, 0.2) is 0 Å². The number of anilines is 1. The molecule has 0 spiro atoms. The van der Waals surface area contributed by atoms with Crippen molar-refractivity contribution < 1.29 is 17.9 Å². The number of aryl methyl sites for hydroxylation is 1. The lowest BCUT2D eigenvalue weighted by Gasteiger charge is -2.09. The SMILES string of the molecule is Cc1ccc(F)cc1NS(=O)(=O)c1cnn(CCO)c1. The number of aliphatic hydroxyl groups is 1. The summed E-state index contributed by atoms with van der Waals surface area (Å²) in [5.74, 6) is -0.524. The van der Waals surface area contributed by atoms with Crippen molar-refractivity contribution in [1.82, 2.24) is 9.78 Å². The number of nitrogens with one attached hydrogen (secondary N) is 1. The molecule has 6 nitrogen and oxygen atoms in total. The Bertz CT molecular complexity index is 712. The van der Waals surface area contributed by atoms with Crippen molar-refractivity contribution in [3.8, 4) is 0 Å². The smallest absolute Gasteiger partial charge is 0.265 e. The number of nitrogens with zero attached hydrogens (tertiary/aromatic N) is 2. The van der Waals surface area contributed by atoms with Crippen molar-refractivity contribution >= 4 is 15.7 Å². The summed E-state index contributed by atoms with van der Waals surface area (Å²) < 4.78 is 41.0. The molecule has 20 heavy (non-hydrogen) atoms. The van der Waals surface area contributed by atoms with E-state index in [-0.39, 0.29) is 23.7 Å². The Hall–Kier alpha value is -1.93. The maximum atomic E-state index is 13.2. The second kappa shape index (κ2) is 5.59. The first-order valence-corrected chi connectivity index (χ1v) is 7.33. The van der Waals surface area contributed by atoms with E-state index in [0.29, 0.717) is 5.56 Å². The van der Waals surface area contributed by atoms with Crippen molar-refractivity contribution in [3.63, 3.8) is 0 Å². The molecular formula is C12H14FN3O3S. The number of rotatable bonds is 5. The van der Waals surface area contributed by atoms with Gasteiger partial charge >= 0.3 is 0 Å². The number of hydrogen-bond acceptors (Lipinski definition) is 4. The molecule has 1 aromatic heterocycles. The van der Waals surface area contributed by atoms with Crippen molar-refractivity contribution in [2.45, 2.75) is 18.4 Å². The predicted molar refractivity (Wildman–Crippen MR) is 71.3 cm³/mol. The number of aromatic nitrogens is 2. The molecule has 0 aliphatic heterocycles. The van der Waals surface area contributed by atoms with Gasteiger partial charge in [0.1, 0.15) is 10.7 Å². The van der Waals surface area contributed by atoms with E-state index >= 15 is 0 Å². The van der Waals surface area contributed by atoms with Gasteiger partial charge in [-0.05, 0) is 24.6 Å². The van der Waals surface area contributed by atoms with Crippen LogP contribution in [0.5, 0.6) is 0 Å². The van der Waals surface area contributed by atoms with Crippen LogP contribution in [0.4, 0.5) is 10.1 Å². The molecule has 0 saturated carbocycles. The summed E-state index contributed by atoms with van der Waals surface area (Å²) in [5.41, 5.74) is 0.789. The molecule has 0 aliphatic carbocycles. The lowest BCUT2D eigenvalue weighted by Crippen LogP contribution is -2.13. The molecule has 0 atom stereocenters. The van der Waals surface area contributed by atoms with Gasteiger partial charge in [-0.2, -0.15) is 5.10 Å². The number of aliphatic hydroxyl groups excluding tert-OH is 1. The first-order valence-electron chi connectivity index (χ1n) is 5.84. The Kier molecular flexibility index (Phi) is 4.05. The Balaban J connectivity index is 2.28. The quantitative estimate of drug-likeness (QED) is 0.866. The van der Waals surface area contributed by atoms with Crippen LogP contribution in [0.15, 0.2) is 35.5 Å². The lowest BCUT2D eigenvalue weighted by atomic mass is 10.2. The van der Waals surface area contributed by atoms with Crippen molar-refractivity contribution in [2.75, 3.05) is 11.3 Å². The van der Waals surface area contributed by atoms with Gasteiger partial charge in [-0.1, -0.05) is 6.07 Å². The fourth-order valence-electron chi connectivity index (χ4n) is 1.62. The third kappa shape index (κ3) is 3.14. The van der Waals surface area contributed by atoms with Gasteiger partial charge in [0.05, 0.1) is 25.0 Å². The third-order valence-corrected chi connectivity index (χ3v) is 4.01.